The third-order valence-electron chi connectivity index (χ3n) is 4.36. The first-order valence-electron chi connectivity index (χ1n) is 8.14. The Kier molecular flexibility index (Phi) is 5.48. The van der Waals surface area contributed by atoms with Crippen LogP contribution in [0.5, 0.6) is 11.5 Å². The quantitative estimate of drug-likeness (QED) is 0.828. The summed E-state index contributed by atoms with van der Waals surface area (Å²) in [6, 6.07) is 13.5. The molecule has 2 aromatic rings. The lowest BCUT2D eigenvalue weighted by atomic mass is 10.1. The Hall–Kier alpha value is -2.21. The normalized spacial score (nSPS) is 16.6. The largest absolute Gasteiger partial charge is 0.493 e. The fraction of sp³-hybridized carbons (Fsp3) is 0.316. The van der Waals surface area contributed by atoms with E-state index >= 15 is 0 Å². The highest BCUT2D eigenvalue weighted by Gasteiger charge is 2.25. The molecule has 5 nitrogen and oxygen atoms in total. The van der Waals surface area contributed by atoms with Gasteiger partial charge in [0.05, 0.1) is 19.9 Å². The van der Waals surface area contributed by atoms with E-state index in [2.05, 4.69) is 32.2 Å². The summed E-state index contributed by atoms with van der Waals surface area (Å²) in [6.07, 6.45) is 0.917. The third kappa shape index (κ3) is 3.90. The van der Waals surface area contributed by atoms with Gasteiger partial charge in [-0.15, -0.1) is 0 Å². The number of hydrogen-bond donors (Lipinski definition) is 1. The van der Waals surface area contributed by atoms with E-state index in [1.165, 1.54) is 0 Å². The molecule has 0 aromatic heterocycles. The molecule has 0 spiro atoms. The van der Waals surface area contributed by atoms with Crippen molar-refractivity contribution in [1.82, 2.24) is 5.32 Å². The van der Waals surface area contributed by atoms with Gasteiger partial charge in [0.25, 0.3) is 5.91 Å². The molecule has 0 saturated carbocycles. The molecule has 0 radical (unpaired) electrons. The fourth-order valence-electron chi connectivity index (χ4n) is 3.05. The molecule has 0 bridgehead atoms. The van der Waals surface area contributed by atoms with E-state index in [-0.39, 0.29) is 11.9 Å². The first-order chi connectivity index (χ1) is 12.1. The molecule has 1 aliphatic heterocycles. The van der Waals surface area contributed by atoms with Gasteiger partial charge in [-0.2, -0.15) is 0 Å². The Morgan fingerprint density at radius 3 is 2.64 bits per heavy atom. The number of methoxy groups -OCH3 is 2. The zero-order chi connectivity index (χ0) is 17.8. The maximum Gasteiger partial charge on any atom is 0.251 e. The SMILES string of the molecule is COc1ccc(C(=O)N[C@H]2CCN(c3ccccc3Br)C2)cc1OC. The number of rotatable bonds is 5. The maximum atomic E-state index is 12.5. The molecule has 0 aliphatic carbocycles. The van der Waals surface area contributed by atoms with E-state index in [9.17, 15) is 4.79 Å². The molecular formula is C19H21BrN2O3. The molecule has 1 fully saturated rings. The molecule has 1 heterocycles. The topological polar surface area (TPSA) is 50.8 Å². The maximum absolute atomic E-state index is 12.5. The second-order valence-corrected chi connectivity index (χ2v) is 6.78. The minimum atomic E-state index is -0.0973. The summed E-state index contributed by atoms with van der Waals surface area (Å²) in [5.74, 6) is 1.07. The summed E-state index contributed by atoms with van der Waals surface area (Å²) in [4.78, 5) is 14.8. The van der Waals surface area contributed by atoms with Crippen LogP contribution >= 0.6 is 15.9 Å². The molecule has 6 heteroatoms. The van der Waals surface area contributed by atoms with E-state index in [4.69, 9.17) is 9.47 Å². The molecule has 1 amide bonds. The van der Waals surface area contributed by atoms with Crippen molar-refractivity contribution in [2.75, 3.05) is 32.2 Å². The van der Waals surface area contributed by atoms with Gasteiger partial charge >= 0.3 is 0 Å². The highest BCUT2D eigenvalue weighted by molar-refractivity contribution is 9.10. The van der Waals surface area contributed by atoms with Gasteiger partial charge in [-0.1, -0.05) is 12.1 Å². The summed E-state index contributed by atoms with van der Waals surface area (Å²) < 4.78 is 11.5. The molecule has 2 aromatic carbocycles. The van der Waals surface area contributed by atoms with E-state index < -0.39 is 0 Å². The summed E-state index contributed by atoms with van der Waals surface area (Å²) in [5, 5.41) is 3.11. The molecule has 1 saturated heterocycles. The first-order valence-corrected chi connectivity index (χ1v) is 8.94. The standard InChI is InChI=1S/C19H21BrN2O3/c1-24-17-8-7-13(11-18(17)25-2)19(23)21-14-9-10-22(12-14)16-6-4-3-5-15(16)20/h3-8,11,14H,9-10,12H2,1-2H3,(H,21,23)/t14-/m0/s1. The van der Waals surface area contributed by atoms with Crippen molar-refractivity contribution in [2.45, 2.75) is 12.5 Å². The Balaban J connectivity index is 1.65. The lowest BCUT2D eigenvalue weighted by Crippen LogP contribution is -2.37. The summed E-state index contributed by atoms with van der Waals surface area (Å²) >= 11 is 3.59. The van der Waals surface area contributed by atoms with Crippen molar-refractivity contribution in [3.63, 3.8) is 0 Å². The van der Waals surface area contributed by atoms with Gasteiger partial charge in [0, 0.05) is 29.2 Å². The van der Waals surface area contributed by atoms with Crippen LogP contribution in [0.1, 0.15) is 16.8 Å². The van der Waals surface area contributed by atoms with Gasteiger partial charge in [-0.25, -0.2) is 0 Å². The van der Waals surface area contributed by atoms with E-state index in [0.29, 0.717) is 17.1 Å². The van der Waals surface area contributed by atoms with Crippen molar-refractivity contribution >= 4 is 27.5 Å². The lowest BCUT2D eigenvalue weighted by Gasteiger charge is -2.20. The monoisotopic (exact) mass is 404 g/mol. The van der Waals surface area contributed by atoms with Gasteiger partial charge in [0.2, 0.25) is 0 Å². The zero-order valence-electron chi connectivity index (χ0n) is 14.3. The number of anilines is 1. The minimum absolute atomic E-state index is 0.0973. The molecule has 0 unspecified atom stereocenters. The number of halogens is 1. The molecule has 1 aliphatic rings. The highest BCUT2D eigenvalue weighted by Crippen LogP contribution is 2.29. The van der Waals surface area contributed by atoms with Crippen LogP contribution in [-0.4, -0.2) is 39.3 Å². The van der Waals surface area contributed by atoms with E-state index in [1.54, 1.807) is 32.4 Å². The second kappa shape index (κ2) is 7.78. The van der Waals surface area contributed by atoms with Crippen LogP contribution in [0.4, 0.5) is 5.69 Å². The van der Waals surface area contributed by atoms with Gasteiger partial charge in [0.15, 0.2) is 11.5 Å². The van der Waals surface area contributed by atoms with Crippen molar-refractivity contribution < 1.29 is 14.3 Å². The minimum Gasteiger partial charge on any atom is -0.493 e. The number of ether oxygens (including phenoxy) is 2. The van der Waals surface area contributed by atoms with Gasteiger partial charge in [-0.05, 0) is 52.7 Å². The molecule has 25 heavy (non-hydrogen) atoms. The second-order valence-electron chi connectivity index (χ2n) is 5.93. The molecule has 3 rings (SSSR count). The number of carbonyl (C=O) groups is 1. The average molecular weight is 405 g/mol. The zero-order valence-corrected chi connectivity index (χ0v) is 15.9. The highest BCUT2D eigenvalue weighted by atomic mass is 79.9. The van der Waals surface area contributed by atoms with Gasteiger partial charge < -0.3 is 19.7 Å². The first kappa shape index (κ1) is 17.6. The number of nitrogens with zero attached hydrogens (tertiary/aromatic N) is 1. The van der Waals surface area contributed by atoms with Crippen molar-refractivity contribution in [3.05, 3.63) is 52.5 Å². The van der Waals surface area contributed by atoms with Gasteiger partial charge in [-0.3, -0.25) is 4.79 Å². The number of benzene rings is 2. The van der Waals surface area contributed by atoms with Crippen LogP contribution < -0.4 is 19.7 Å². The molecule has 1 N–H and O–H groups in total. The van der Waals surface area contributed by atoms with E-state index in [1.807, 2.05) is 18.2 Å². The average Bonchev–Trinajstić information content (AvgIpc) is 3.09. The van der Waals surface area contributed by atoms with Crippen LogP contribution in [0, 0.1) is 0 Å². The number of nitrogens with one attached hydrogen (secondary N) is 1. The van der Waals surface area contributed by atoms with Crippen LogP contribution in [0.15, 0.2) is 46.9 Å². The number of hydrogen-bond acceptors (Lipinski definition) is 4. The fourth-order valence-corrected chi connectivity index (χ4v) is 3.59. The Labute approximate surface area is 156 Å². The van der Waals surface area contributed by atoms with Crippen LogP contribution in [-0.2, 0) is 0 Å². The molecular weight excluding hydrogens is 384 g/mol. The number of para-hydroxylation sites is 1. The summed E-state index contributed by atoms with van der Waals surface area (Å²) in [5.41, 5.74) is 1.72. The summed E-state index contributed by atoms with van der Waals surface area (Å²) in [6.45, 7) is 1.71. The Bertz CT molecular complexity index is 766. The van der Waals surface area contributed by atoms with Crippen LogP contribution in [0.2, 0.25) is 0 Å². The summed E-state index contributed by atoms with van der Waals surface area (Å²) in [7, 11) is 3.14. The van der Waals surface area contributed by atoms with E-state index in [0.717, 1.165) is 29.7 Å². The Morgan fingerprint density at radius 2 is 1.92 bits per heavy atom. The third-order valence-corrected chi connectivity index (χ3v) is 5.03. The van der Waals surface area contributed by atoms with Crippen LogP contribution in [0.25, 0.3) is 0 Å². The molecule has 132 valence electrons. The van der Waals surface area contributed by atoms with Crippen molar-refractivity contribution in [2.24, 2.45) is 0 Å². The van der Waals surface area contributed by atoms with Crippen molar-refractivity contribution in [1.29, 1.82) is 0 Å². The Morgan fingerprint density at radius 1 is 1.16 bits per heavy atom. The predicted octanol–water partition coefficient (Wildman–Crippen LogP) is 3.48. The number of amides is 1. The van der Waals surface area contributed by atoms with Crippen LogP contribution in [0.3, 0.4) is 0 Å². The van der Waals surface area contributed by atoms with Crippen molar-refractivity contribution in [3.8, 4) is 11.5 Å². The number of carbonyl (C=O) groups excluding carboxylic acids is 1. The predicted molar refractivity (Wildman–Crippen MR) is 102 cm³/mol. The lowest BCUT2D eigenvalue weighted by molar-refractivity contribution is 0.0940. The molecule has 1 atom stereocenters. The van der Waals surface area contributed by atoms with Gasteiger partial charge in [0.1, 0.15) is 0 Å². The smallest absolute Gasteiger partial charge is 0.251 e.